The number of aldehydes is 1. The van der Waals surface area contributed by atoms with E-state index >= 15 is 0 Å². The SMILES string of the molecule is O=CC1(C2CCCCC2O)CCCS1. The van der Waals surface area contributed by atoms with Crippen molar-refractivity contribution < 1.29 is 9.90 Å². The molecule has 1 saturated heterocycles. The summed E-state index contributed by atoms with van der Waals surface area (Å²) in [7, 11) is 0. The topological polar surface area (TPSA) is 37.3 Å². The summed E-state index contributed by atoms with van der Waals surface area (Å²) in [6.45, 7) is 0. The van der Waals surface area contributed by atoms with Gasteiger partial charge in [-0.15, -0.1) is 11.8 Å². The van der Waals surface area contributed by atoms with E-state index in [0.29, 0.717) is 0 Å². The lowest BCUT2D eigenvalue weighted by Crippen LogP contribution is -2.43. The summed E-state index contributed by atoms with van der Waals surface area (Å²) in [5.41, 5.74) is 0. The van der Waals surface area contributed by atoms with Gasteiger partial charge in [-0.1, -0.05) is 12.8 Å². The zero-order valence-corrected chi connectivity index (χ0v) is 9.26. The molecule has 0 spiro atoms. The Bertz CT molecular complexity index is 211. The molecule has 1 N–H and O–H groups in total. The maximum Gasteiger partial charge on any atom is 0.136 e. The Balaban J connectivity index is 2.12. The van der Waals surface area contributed by atoms with Crippen LogP contribution < -0.4 is 0 Å². The molecule has 3 unspecified atom stereocenters. The van der Waals surface area contributed by atoms with Gasteiger partial charge in [0.25, 0.3) is 0 Å². The molecule has 2 fully saturated rings. The van der Waals surface area contributed by atoms with Crippen molar-refractivity contribution >= 4 is 18.0 Å². The number of aliphatic hydroxyl groups is 1. The molecule has 1 aliphatic carbocycles. The molecule has 0 bridgehead atoms. The molecule has 14 heavy (non-hydrogen) atoms. The number of aliphatic hydroxyl groups excluding tert-OH is 1. The normalized spacial score (nSPS) is 43.8. The number of carbonyl (C=O) groups excluding carboxylic acids is 1. The first-order chi connectivity index (χ1) is 6.78. The number of hydrogen-bond donors (Lipinski definition) is 1. The smallest absolute Gasteiger partial charge is 0.136 e. The third kappa shape index (κ3) is 1.72. The molecule has 0 aromatic heterocycles. The Morgan fingerprint density at radius 3 is 2.64 bits per heavy atom. The average molecular weight is 214 g/mol. The van der Waals surface area contributed by atoms with Gasteiger partial charge in [0.05, 0.1) is 10.9 Å². The van der Waals surface area contributed by atoms with E-state index in [9.17, 15) is 9.90 Å². The summed E-state index contributed by atoms with van der Waals surface area (Å²) < 4.78 is -0.236. The number of rotatable bonds is 2. The summed E-state index contributed by atoms with van der Waals surface area (Å²) in [6.07, 6.45) is 7.21. The molecule has 0 aromatic carbocycles. The Labute approximate surface area is 89.5 Å². The van der Waals surface area contributed by atoms with Gasteiger partial charge in [-0.25, -0.2) is 0 Å². The van der Waals surface area contributed by atoms with Crippen molar-refractivity contribution in [2.75, 3.05) is 5.75 Å². The molecule has 1 aliphatic heterocycles. The molecule has 2 aliphatic rings. The van der Waals surface area contributed by atoms with Crippen molar-refractivity contribution in [2.45, 2.75) is 49.4 Å². The van der Waals surface area contributed by atoms with Crippen LogP contribution in [-0.2, 0) is 4.79 Å². The largest absolute Gasteiger partial charge is 0.393 e. The molecule has 80 valence electrons. The van der Waals surface area contributed by atoms with Crippen LogP contribution in [-0.4, -0.2) is 28.0 Å². The third-order valence-corrected chi connectivity index (χ3v) is 5.27. The van der Waals surface area contributed by atoms with Crippen LogP contribution >= 0.6 is 11.8 Å². The van der Waals surface area contributed by atoms with Gasteiger partial charge in [0.15, 0.2) is 0 Å². The van der Waals surface area contributed by atoms with Crippen LogP contribution in [0.3, 0.4) is 0 Å². The van der Waals surface area contributed by atoms with Gasteiger partial charge in [0.2, 0.25) is 0 Å². The maximum atomic E-state index is 11.2. The fourth-order valence-electron chi connectivity index (χ4n) is 2.84. The monoisotopic (exact) mass is 214 g/mol. The first kappa shape index (κ1) is 10.5. The van der Waals surface area contributed by atoms with E-state index in [1.165, 1.54) is 6.42 Å². The highest BCUT2D eigenvalue weighted by Crippen LogP contribution is 2.47. The fourth-order valence-corrected chi connectivity index (χ4v) is 4.35. The second-order valence-electron chi connectivity index (χ2n) is 4.48. The van der Waals surface area contributed by atoms with Gasteiger partial charge in [-0.3, -0.25) is 0 Å². The highest BCUT2D eigenvalue weighted by Gasteiger charge is 2.45. The summed E-state index contributed by atoms with van der Waals surface area (Å²) in [4.78, 5) is 11.2. The van der Waals surface area contributed by atoms with Crippen molar-refractivity contribution in [2.24, 2.45) is 5.92 Å². The minimum Gasteiger partial charge on any atom is -0.393 e. The summed E-state index contributed by atoms with van der Waals surface area (Å²) in [6, 6.07) is 0. The second-order valence-corrected chi connectivity index (χ2v) is 5.94. The fraction of sp³-hybridized carbons (Fsp3) is 0.909. The van der Waals surface area contributed by atoms with Gasteiger partial charge >= 0.3 is 0 Å². The molecular weight excluding hydrogens is 196 g/mol. The first-order valence-corrected chi connectivity index (χ1v) is 6.55. The zero-order chi connectivity index (χ0) is 10.0. The molecule has 2 nitrogen and oxygen atoms in total. The summed E-state index contributed by atoms with van der Waals surface area (Å²) in [5.74, 6) is 1.31. The van der Waals surface area contributed by atoms with Crippen LogP contribution in [0.25, 0.3) is 0 Å². The standard InChI is InChI=1S/C11H18O2S/c12-8-11(6-3-7-14-11)9-4-1-2-5-10(9)13/h8-10,13H,1-7H2. The van der Waals surface area contributed by atoms with Crippen LogP contribution in [0.4, 0.5) is 0 Å². The minimum absolute atomic E-state index is 0.223. The average Bonchev–Trinajstić information content (AvgIpc) is 2.68. The number of hydrogen-bond acceptors (Lipinski definition) is 3. The van der Waals surface area contributed by atoms with Crippen LogP contribution in [0.15, 0.2) is 0 Å². The summed E-state index contributed by atoms with van der Waals surface area (Å²) in [5, 5.41) is 9.95. The van der Waals surface area contributed by atoms with Gasteiger partial charge < -0.3 is 9.90 Å². The highest BCUT2D eigenvalue weighted by molar-refractivity contribution is 8.01. The van der Waals surface area contributed by atoms with Crippen LogP contribution in [0.1, 0.15) is 38.5 Å². The minimum atomic E-state index is -0.237. The van der Waals surface area contributed by atoms with Crippen molar-refractivity contribution in [1.29, 1.82) is 0 Å². The van der Waals surface area contributed by atoms with Gasteiger partial charge in [0.1, 0.15) is 6.29 Å². The lowest BCUT2D eigenvalue weighted by Gasteiger charge is -2.38. The van der Waals surface area contributed by atoms with E-state index in [1.807, 2.05) is 0 Å². The lowest BCUT2D eigenvalue weighted by atomic mass is 9.76. The Morgan fingerprint density at radius 2 is 2.07 bits per heavy atom. The van der Waals surface area contributed by atoms with E-state index in [0.717, 1.165) is 44.1 Å². The molecule has 2 rings (SSSR count). The van der Waals surface area contributed by atoms with E-state index in [2.05, 4.69) is 0 Å². The molecular formula is C11H18O2S. The quantitative estimate of drug-likeness (QED) is 0.714. The molecule has 0 aromatic rings. The van der Waals surface area contributed by atoms with Crippen molar-refractivity contribution in [1.82, 2.24) is 0 Å². The highest BCUT2D eigenvalue weighted by atomic mass is 32.2. The van der Waals surface area contributed by atoms with Crippen LogP contribution in [0.5, 0.6) is 0 Å². The van der Waals surface area contributed by atoms with Crippen molar-refractivity contribution in [3.8, 4) is 0 Å². The van der Waals surface area contributed by atoms with Crippen LogP contribution in [0, 0.1) is 5.92 Å². The van der Waals surface area contributed by atoms with Gasteiger partial charge in [-0.05, 0) is 31.4 Å². The Kier molecular flexibility index (Phi) is 3.17. The Hall–Kier alpha value is -0.0200. The van der Waals surface area contributed by atoms with Gasteiger partial charge in [-0.2, -0.15) is 0 Å². The molecule has 0 amide bonds. The predicted octanol–water partition coefficient (Wildman–Crippen LogP) is 2.00. The number of carbonyl (C=O) groups is 1. The van der Waals surface area contributed by atoms with E-state index in [1.54, 1.807) is 11.8 Å². The molecule has 3 atom stereocenters. The second kappa shape index (κ2) is 4.23. The predicted molar refractivity (Wildman–Crippen MR) is 58.5 cm³/mol. The molecule has 0 radical (unpaired) electrons. The van der Waals surface area contributed by atoms with Gasteiger partial charge in [0, 0.05) is 5.92 Å². The zero-order valence-electron chi connectivity index (χ0n) is 8.45. The van der Waals surface area contributed by atoms with E-state index in [-0.39, 0.29) is 16.8 Å². The lowest BCUT2D eigenvalue weighted by molar-refractivity contribution is -0.113. The van der Waals surface area contributed by atoms with Crippen LogP contribution in [0.2, 0.25) is 0 Å². The van der Waals surface area contributed by atoms with Crippen molar-refractivity contribution in [3.05, 3.63) is 0 Å². The molecule has 3 heteroatoms. The molecule has 1 saturated carbocycles. The maximum absolute atomic E-state index is 11.2. The van der Waals surface area contributed by atoms with Crippen molar-refractivity contribution in [3.63, 3.8) is 0 Å². The van der Waals surface area contributed by atoms with E-state index < -0.39 is 0 Å². The van der Waals surface area contributed by atoms with E-state index in [4.69, 9.17) is 0 Å². The Morgan fingerprint density at radius 1 is 1.29 bits per heavy atom. The number of thioether (sulfide) groups is 1. The third-order valence-electron chi connectivity index (χ3n) is 3.64. The molecule has 1 heterocycles. The summed E-state index contributed by atoms with van der Waals surface area (Å²) >= 11 is 1.77. The first-order valence-electron chi connectivity index (χ1n) is 5.57.